The number of nitrogens with zero attached hydrogens (tertiary/aromatic N) is 1. The van der Waals surface area contributed by atoms with E-state index in [1.165, 1.54) is 105 Å². The van der Waals surface area contributed by atoms with Gasteiger partial charge in [0.2, 0.25) is 0 Å². The number of benzene rings is 9. The van der Waals surface area contributed by atoms with E-state index in [1.54, 1.807) is 0 Å². The molecular weight excluding hydrogens is 663 g/mol. The highest BCUT2D eigenvalue weighted by Gasteiger charge is 2.52. The van der Waals surface area contributed by atoms with Crippen molar-refractivity contribution in [1.82, 2.24) is 0 Å². The van der Waals surface area contributed by atoms with Gasteiger partial charge < -0.3 is 4.90 Å². The molecule has 0 bridgehead atoms. The minimum Gasteiger partial charge on any atom is -0.309 e. The van der Waals surface area contributed by atoms with Crippen LogP contribution in [0, 0.1) is 0 Å². The van der Waals surface area contributed by atoms with Crippen LogP contribution in [0.4, 0.5) is 17.1 Å². The molecule has 12 rings (SSSR count). The Morgan fingerprint density at radius 2 is 0.855 bits per heavy atom. The van der Waals surface area contributed by atoms with Crippen molar-refractivity contribution in [2.75, 3.05) is 4.90 Å². The Balaban J connectivity index is 1.21. The van der Waals surface area contributed by atoms with E-state index >= 15 is 0 Å². The molecule has 0 aromatic heterocycles. The van der Waals surface area contributed by atoms with E-state index in [2.05, 4.69) is 207 Å². The minimum absolute atomic E-state index is 0.133. The number of hydrogen-bond donors (Lipinski definition) is 0. The Labute approximate surface area is 321 Å². The summed E-state index contributed by atoms with van der Waals surface area (Å²) in [5.74, 6) is 0. The molecule has 3 aliphatic carbocycles. The van der Waals surface area contributed by atoms with Crippen molar-refractivity contribution in [2.45, 2.75) is 24.7 Å². The monoisotopic (exact) mass is 699 g/mol. The smallest absolute Gasteiger partial charge is 0.0726 e. The van der Waals surface area contributed by atoms with Crippen LogP contribution in [-0.4, -0.2) is 0 Å². The fourth-order valence-corrected chi connectivity index (χ4v) is 10.8. The second kappa shape index (κ2) is 10.9. The summed E-state index contributed by atoms with van der Waals surface area (Å²) in [7, 11) is 0. The average molecular weight is 700 g/mol. The van der Waals surface area contributed by atoms with Crippen molar-refractivity contribution >= 4 is 38.6 Å². The number of fused-ring (bicyclic) bond motifs is 16. The molecule has 1 nitrogen and oxygen atoms in total. The molecule has 0 aliphatic heterocycles. The summed E-state index contributed by atoms with van der Waals surface area (Å²) in [6.45, 7) is 4.76. The van der Waals surface area contributed by atoms with Gasteiger partial charge in [-0.2, -0.15) is 0 Å². The SMILES string of the molecule is CC1(C)c2ccccc2-c2ccc(N(c3cccc4c3-c3ccccc3C43c4ccccc4-c4ccccc43)c3cc4ccccc4c4ccccc34)cc21. The Hall–Kier alpha value is -6.70. The first kappa shape index (κ1) is 30.7. The van der Waals surface area contributed by atoms with Gasteiger partial charge in [0.05, 0.1) is 16.8 Å². The lowest BCUT2D eigenvalue weighted by atomic mass is 9.70. The van der Waals surface area contributed by atoms with Crippen LogP contribution in [0.2, 0.25) is 0 Å². The molecule has 0 N–H and O–H groups in total. The van der Waals surface area contributed by atoms with Gasteiger partial charge in [0.15, 0.2) is 0 Å². The topological polar surface area (TPSA) is 3.24 Å². The van der Waals surface area contributed by atoms with Crippen molar-refractivity contribution in [3.05, 3.63) is 221 Å². The standard InChI is InChI=1S/C54H37N/c1-53(2)44-24-11-7-19-38(44)41-31-30-35(33-49(41)53)55(51-32-34-16-3-4-17-36(34)37-18-5-6-22-42(37)51)50-29-15-28-48-52(50)43-23-10-14-27-47(43)54(48)45-25-12-8-20-39(45)40-21-9-13-26-46(40)54/h3-33H,1-2H3. The zero-order valence-corrected chi connectivity index (χ0v) is 30.8. The molecule has 0 radical (unpaired) electrons. The van der Waals surface area contributed by atoms with Crippen molar-refractivity contribution in [1.29, 1.82) is 0 Å². The third-order valence-electron chi connectivity index (χ3n) is 13.1. The Bertz CT molecular complexity index is 3040. The van der Waals surface area contributed by atoms with E-state index in [9.17, 15) is 0 Å². The van der Waals surface area contributed by atoms with Crippen molar-refractivity contribution < 1.29 is 0 Å². The van der Waals surface area contributed by atoms with Gasteiger partial charge in [0.25, 0.3) is 0 Å². The van der Waals surface area contributed by atoms with Crippen molar-refractivity contribution in [3.8, 4) is 33.4 Å². The van der Waals surface area contributed by atoms with Gasteiger partial charge in [-0.3, -0.25) is 0 Å². The Kier molecular flexibility index (Phi) is 6.11. The van der Waals surface area contributed by atoms with E-state index in [-0.39, 0.29) is 5.41 Å². The van der Waals surface area contributed by atoms with Gasteiger partial charge in [-0.15, -0.1) is 0 Å². The van der Waals surface area contributed by atoms with Gasteiger partial charge >= 0.3 is 0 Å². The fraction of sp³-hybridized carbons (Fsp3) is 0.0741. The zero-order valence-electron chi connectivity index (χ0n) is 30.8. The predicted molar refractivity (Wildman–Crippen MR) is 230 cm³/mol. The van der Waals surface area contributed by atoms with Crippen molar-refractivity contribution in [2.24, 2.45) is 0 Å². The van der Waals surface area contributed by atoms with Crippen LogP contribution in [0.5, 0.6) is 0 Å². The maximum absolute atomic E-state index is 2.58. The lowest BCUT2D eigenvalue weighted by molar-refractivity contribution is 0.660. The quantitative estimate of drug-likeness (QED) is 0.166. The molecule has 0 saturated carbocycles. The Morgan fingerprint density at radius 3 is 1.56 bits per heavy atom. The van der Waals surface area contributed by atoms with E-state index in [0.717, 1.165) is 0 Å². The van der Waals surface area contributed by atoms with E-state index in [1.807, 2.05) is 0 Å². The van der Waals surface area contributed by atoms with Crippen LogP contribution in [-0.2, 0) is 10.8 Å². The average Bonchev–Trinajstić information content (AvgIpc) is 3.80. The van der Waals surface area contributed by atoms with Gasteiger partial charge in [-0.1, -0.05) is 178 Å². The first-order valence-corrected chi connectivity index (χ1v) is 19.4. The van der Waals surface area contributed by atoms with Crippen LogP contribution >= 0.6 is 0 Å². The molecule has 3 aliphatic rings. The molecule has 0 saturated heterocycles. The van der Waals surface area contributed by atoms with Crippen molar-refractivity contribution in [3.63, 3.8) is 0 Å². The molecular formula is C54H37N. The largest absolute Gasteiger partial charge is 0.309 e. The molecule has 0 unspecified atom stereocenters. The van der Waals surface area contributed by atoms with Gasteiger partial charge in [-0.05, 0) is 102 Å². The van der Waals surface area contributed by atoms with E-state index in [4.69, 9.17) is 0 Å². The predicted octanol–water partition coefficient (Wildman–Crippen LogP) is 14.1. The number of rotatable bonds is 3. The lowest BCUT2D eigenvalue weighted by Crippen LogP contribution is -2.26. The highest BCUT2D eigenvalue weighted by molar-refractivity contribution is 6.15. The number of anilines is 3. The molecule has 0 amide bonds. The molecule has 1 spiro atoms. The normalized spacial score (nSPS) is 14.7. The third-order valence-corrected chi connectivity index (χ3v) is 13.1. The highest BCUT2D eigenvalue weighted by atomic mass is 15.1. The van der Waals surface area contributed by atoms with E-state index in [0.29, 0.717) is 0 Å². The minimum atomic E-state index is -0.423. The molecule has 9 aromatic rings. The molecule has 1 heteroatoms. The van der Waals surface area contributed by atoms with Crippen LogP contribution < -0.4 is 4.90 Å². The molecule has 0 heterocycles. The van der Waals surface area contributed by atoms with Crippen LogP contribution in [0.15, 0.2) is 188 Å². The summed E-state index contributed by atoms with van der Waals surface area (Å²) in [4.78, 5) is 2.58. The summed E-state index contributed by atoms with van der Waals surface area (Å²) < 4.78 is 0. The van der Waals surface area contributed by atoms with E-state index < -0.39 is 5.41 Å². The van der Waals surface area contributed by atoms with Crippen LogP contribution in [0.1, 0.15) is 47.2 Å². The first-order valence-electron chi connectivity index (χ1n) is 19.4. The maximum Gasteiger partial charge on any atom is 0.0726 e. The van der Waals surface area contributed by atoms with Gasteiger partial charge in [0, 0.05) is 22.1 Å². The lowest BCUT2D eigenvalue weighted by Gasteiger charge is -2.33. The summed E-state index contributed by atoms with van der Waals surface area (Å²) >= 11 is 0. The summed E-state index contributed by atoms with van der Waals surface area (Å²) in [6, 6.07) is 70.8. The second-order valence-electron chi connectivity index (χ2n) is 16.0. The summed E-state index contributed by atoms with van der Waals surface area (Å²) in [5, 5.41) is 5.00. The van der Waals surface area contributed by atoms with Gasteiger partial charge in [0.1, 0.15) is 0 Å². The van der Waals surface area contributed by atoms with Gasteiger partial charge in [-0.25, -0.2) is 0 Å². The summed E-state index contributed by atoms with van der Waals surface area (Å²) in [5.41, 5.74) is 19.1. The molecule has 9 aromatic carbocycles. The van der Waals surface area contributed by atoms with Crippen LogP contribution in [0.25, 0.3) is 54.9 Å². The third kappa shape index (κ3) is 3.87. The molecule has 0 fully saturated rings. The zero-order chi connectivity index (χ0) is 36.5. The maximum atomic E-state index is 2.58. The summed E-state index contributed by atoms with van der Waals surface area (Å²) in [6.07, 6.45) is 0. The fourth-order valence-electron chi connectivity index (χ4n) is 10.8. The highest BCUT2D eigenvalue weighted by Crippen LogP contribution is 2.65. The Morgan fingerprint density at radius 1 is 0.345 bits per heavy atom. The first-order chi connectivity index (χ1) is 27.1. The number of hydrogen-bond acceptors (Lipinski definition) is 1. The molecule has 258 valence electrons. The molecule has 0 atom stereocenters. The second-order valence-corrected chi connectivity index (χ2v) is 16.0. The van der Waals surface area contributed by atoms with Crippen LogP contribution in [0.3, 0.4) is 0 Å². The molecule has 55 heavy (non-hydrogen) atoms.